The molecule has 0 aliphatic heterocycles. The minimum Gasteiger partial charge on any atom is -0.396 e. The Labute approximate surface area is 146 Å². The lowest BCUT2D eigenvalue weighted by Gasteiger charge is -2.30. The van der Waals surface area contributed by atoms with Gasteiger partial charge in [-0.15, -0.1) is 10.2 Å². The van der Waals surface area contributed by atoms with Crippen molar-refractivity contribution >= 4 is 5.91 Å². The first-order valence-corrected chi connectivity index (χ1v) is 8.89. The van der Waals surface area contributed by atoms with Crippen LogP contribution in [0.5, 0.6) is 0 Å². The Morgan fingerprint density at radius 3 is 2.80 bits per heavy atom. The van der Waals surface area contributed by atoms with E-state index >= 15 is 0 Å². The van der Waals surface area contributed by atoms with Crippen LogP contribution in [0, 0.1) is 24.7 Å². The van der Waals surface area contributed by atoms with E-state index in [0.29, 0.717) is 17.7 Å². The molecule has 2 aliphatic rings. The van der Waals surface area contributed by atoms with Crippen molar-refractivity contribution in [1.82, 2.24) is 25.5 Å². The molecule has 0 saturated heterocycles. The maximum absolute atomic E-state index is 12.4. The fourth-order valence-corrected chi connectivity index (χ4v) is 4.39. The number of hydrogen-bond donors (Lipinski definition) is 2. The number of carbonyl (C=O) groups excluding carboxylic acids is 1. The molecule has 132 valence electrons. The normalized spacial score (nSPS) is 27.6. The number of aliphatic hydroxyl groups excluding tert-OH is 1. The SMILES string of the molecule is Cc1ccc(-c2nnn(CC(=O)NC3C4CCC(C4)C3CO)n2)cc1. The minimum atomic E-state index is -0.121. The summed E-state index contributed by atoms with van der Waals surface area (Å²) in [5.74, 6) is 1.63. The number of nitrogens with one attached hydrogen (secondary N) is 1. The molecule has 1 aromatic heterocycles. The van der Waals surface area contributed by atoms with Gasteiger partial charge in [-0.1, -0.05) is 29.8 Å². The summed E-state index contributed by atoms with van der Waals surface area (Å²) >= 11 is 0. The van der Waals surface area contributed by atoms with Crippen molar-refractivity contribution in [2.24, 2.45) is 17.8 Å². The number of aromatic nitrogens is 4. The van der Waals surface area contributed by atoms with Crippen LogP contribution in [-0.2, 0) is 11.3 Å². The van der Waals surface area contributed by atoms with Gasteiger partial charge in [-0.25, -0.2) is 0 Å². The van der Waals surface area contributed by atoms with E-state index in [4.69, 9.17) is 0 Å². The smallest absolute Gasteiger partial charge is 0.243 e. The van der Waals surface area contributed by atoms with Crippen molar-refractivity contribution in [3.63, 3.8) is 0 Å². The van der Waals surface area contributed by atoms with E-state index < -0.39 is 0 Å². The molecule has 2 fully saturated rings. The highest BCUT2D eigenvalue weighted by Gasteiger charge is 2.47. The topological polar surface area (TPSA) is 92.9 Å². The number of rotatable bonds is 5. The lowest BCUT2D eigenvalue weighted by atomic mass is 9.85. The van der Waals surface area contributed by atoms with Gasteiger partial charge in [0.05, 0.1) is 0 Å². The Balaban J connectivity index is 1.39. The molecule has 1 heterocycles. The molecule has 25 heavy (non-hydrogen) atoms. The standard InChI is InChI=1S/C18H23N5O2/c1-11-2-4-12(5-3-11)18-20-22-23(21-18)9-16(25)19-17-14-7-6-13(8-14)15(17)10-24/h2-5,13-15,17,24H,6-10H2,1H3,(H,19,25). The third kappa shape index (κ3) is 3.16. The van der Waals surface area contributed by atoms with Crippen LogP contribution >= 0.6 is 0 Å². The second-order valence-electron chi connectivity index (χ2n) is 7.28. The maximum atomic E-state index is 12.4. The average molecular weight is 341 g/mol. The molecule has 2 aromatic rings. The number of tetrazole rings is 1. The lowest BCUT2D eigenvalue weighted by molar-refractivity contribution is -0.123. The Bertz CT molecular complexity index is 757. The van der Waals surface area contributed by atoms with Crippen molar-refractivity contribution in [2.45, 2.75) is 38.8 Å². The van der Waals surface area contributed by atoms with E-state index in [9.17, 15) is 9.90 Å². The van der Waals surface area contributed by atoms with Crippen molar-refractivity contribution in [3.8, 4) is 11.4 Å². The van der Waals surface area contributed by atoms with Crippen LogP contribution in [0.2, 0.25) is 0 Å². The molecule has 1 aromatic carbocycles. The Hall–Kier alpha value is -2.28. The summed E-state index contributed by atoms with van der Waals surface area (Å²) in [5.41, 5.74) is 2.05. The van der Waals surface area contributed by atoms with E-state index in [2.05, 4.69) is 20.7 Å². The number of nitrogens with zero attached hydrogens (tertiary/aromatic N) is 4. The van der Waals surface area contributed by atoms with E-state index in [1.54, 1.807) is 0 Å². The first-order chi connectivity index (χ1) is 12.1. The number of aliphatic hydroxyl groups is 1. The van der Waals surface area contributed by atoms with Gasteiger partial charge in [0, 0.05) is 24.1 Å². The Morgan fingerprint density at radius 2 is 2.04 bits per heavy atom. The quantitative estimate of drug-likeness (QED) is 0.852. The van der Waals surface area contributed by atoms with E-state index in [1.165, 1.54) is 16.8 Å². The average Bonchev–Trinajstić information content (AvgIpc) is 3.31. The van der Waals surface area contributed by atoms with Crippen molar-refractivity contribution < 1.29 is 9.90 Å². The molecule has 7 nitrogen and oxygen atoms in total. The fourth-order valence-electron chi connectivity index (χ4n) is 4.39. The number of aryl methyl sites for hydroxylation is 1. The van der Waals surface area contributed by atoms with Gasteiger partial charge in [-0.2, -0.15) is 4.80 Å². The second-order valence-corrected chi connectivity index (χ2v) is 7.28. The first-order valence-electron chi connectivity index (χ1n) is 8.89. The number of carbonyl (C=O) groups is 1. The molecule has 2 aliphatic carbocycles. The molecule has 7 heteroatoms. The van der Waals surface area contributed by atoms with Gasteiger partial charge in [-0.3, -0.25) is 4.79 Å². The zero-order valence-corrected chi connectivity index (χ0v) is 14.3. The van der Waals surface area contributed by atoms with Crippen LogP contribution in [0.25, 0.3) is 11.4 Å². The summed E-state index contributed by atoms with van der Waals surface area (Å²) in [6.07, 6.45) is 3.44. The van der Waals surface area contributed by atoms with Crippen LogP contribution in [0.15, 0.2) is 24.3 Å². The fraction of sp³-hybridized carbons (Fsp3) is 0.556. The van der Waals surface area contributed by atoms with E-state index in [-0.39, 0.29) is 31.0 Å². The molecule has 4 unspecified atom stereocenters. The van der Waals surface area contributed by atoms with E-state index in [0.717, 1.165) is 18.4 Å². The summed E-state index contributed by atoms with van der Waals surface area (Å²) in [4.78, 5) is 13.7. The highest BCUT2D eigenvalue weighted by Crippen LogP contribution is 2.48. The van der Waals surface area contributed by atoms with Gasteiger partial charge in [0.2, 0.25) is 11.7 Å². The van der Waals surface area contributed by atoms with Gasteiger partial charge in [0.15, 0.2) is 0 Å². The van der Waals surface area contributed by atoms with E-state index in [1.807, 2.05) is 31.2 Å². The van der Waals surface area contributed by atoms with Gasteiger partial charge >= 0.3 is 0 Å². The van der Waals surface area contributed by atoms with Crippen LogP contribution in [0.4, 0.5) is 0 Å². The predicted molar refractivity (Wildman–Crippen MR) is 91.3 cm³/mol. The summed E-state index contributed by atoms with van der Waals surface area (Å²) in [6, 6.07) is 7.95. The molecular weight excluding hydrogens is 318 g/mol. The van der Waals surface area contributed by atoms with Gasteiger partial charge in [0.1, 0.15) is 6.54 Å². The molecular formula is C18H23N5O2. The monoisotopic (exact) mass is 341 g/mol. The number of hydrogen-bond acceptors (Lipinski definition) is 5. The molecule has 0 radical (unpaired) electrons. The summed E-state index contributed by atoms with van der Waals surface area (Å²) in [6.45, 7) is 2.21. The zero-order valence-electron chi connectivity index (χ0n) is 14.3. The van der Waals surface area contributed by atoms with Gasteiger partial charge in [-0.05, 0) is 43.2 Å². The third-order valence-electron chi connectivity index (χ3n) is 5.67. The zero-order chi connectivity index (χ0) is 17.4. The summed E-state index contributed by atoms with van der Waals surface area (Å²) < 4.78 is 0. The molecule has 4 atom stereocenters. The van der Waals surface area contributed by atoms with Crippen LogP contribution in [0.3, 0.4) is 0 Å². The van der Waals surface area contributed by atoms with Crippen molar-refractivity contribution in [2.75, 3.05) is 6.61 Å². The molecule has 1 amide bonds. The highest BCUT2D eigenvalue weighted by molar-refractivity contribution is 5.76. The van der Waals surface area contributed by atoms with Gasteiger partial charge < -0.3 is 10.4 Å². The number of fused-ring (bicyclic) bond motifs is 2. The van der Waals surface area contributed by atoms with Crippen LogP contribution in [-0.4, -0.2) is 43.9 Å². The molecule has 2 N–H and O–H groups in total. The number of benzene rings is 1. The summed E-state index contributed by atoms with van der Waals surface area (Å²) in [7, 11) is 0. The maximum Gasteiger partial charge on any atom is 0.243 e. The van der Waals surface area contributed by atoms with Crippen molar-refractivity contribution in [3.05, 3.63) is 29.8 Å². The largest absolute Gasteiger partial charge is 0.396 e. The van der Waals surface area contributed by atoms with Crippen LogP contribution in [0.1, 0.15) is 24.8 Å². The first kappa shape index (κ1) is 16.2. The minimum absolute atomic E-state index is 0.0465. The predicted octanol–water partition coefficient (Wildman–Crippen LogP) is 1.17. The number of amides is 1. The lowest BCUT2D eigenvalue weighted by Crippen LogP contribution is -2.46. The summed E-state index contributed by atoms with van der Waals surface area (Å²) in [5, 5.41) is 25.0. The Kier molecular flexibility index (Phi) is 4.25. The van der Waals surface area contributed by atoms with Gasteiger partial charge in [0.25, 0.3) is 0 Å². The second kappa shape index (κ2) is 6.55. The molecule has 2 saturated carbocycles. The highest BCUT2D eigenvalue weighted by atomic mass is 16.3. The van der Waals surface area contributed by atoms with Crippen LogP contribution < -0.4 is 5.32 Å². The Morgan fingerprint density at radius 1 is 1.28 bits per heavy atom. The van der Waals surface area contributed by atoms with Crippen molar-refractivity contribution in [1.29, 1.82) is 0 Å². The molecule has 0 spiro atoms. The third-order valence-corrected chi connectivity index (χ3v) is 5.67. The molecule has 2 bridgehead atoms. The molecule has 4 rings (SSSR count).